The molecule has 0 fully saturated rings. The van der Waals surface area contributed by atoms with Crippen molar-refractivity contribution in [3.05, 3.63) is 58.0 Å². The largest absolute Gasteiger partial charge is 0.310 e. The highest BCUT2D eigenvalue weighted by Gasteiger charge is 2.06. The Labute approximate surface area is 121 Å². The highest BCUT2D eigenvalue weighted by Crippen LogP contribution is 2.23. The summed E-state index contributed by atoms with van der Waals surface area (Å²) in [6, 6.07) is 8.11. The van der Waals surface area contributed by atoms with Crippen LogP contribution in [0.5, 0.6) is 0 Å². The quantitative estimate of drug-likeness (QED) is 0.859. The van der Waals surface area contributed by atoms with E-state index in [1.807, 2.05) is 0 Å². The van der Waals surface area contributed by atoms with E-state index >= 15 is 0 Å². The fourth-order valence-corrected chi connectivity index (χ4v) is 2.67. The predicted molar refractivity (Wildman–Crippen MR) is 79.4 cm³/mol. The van der Waals surface area contributed by atoms with Crippen LogP contribution >= 0.6 is 11.8 Å². The van der Waals surface area contributed by atoms with E-state index in [4.69, 9.17) is 0 Å². The van der Waals surface area contributed by atoms with Crippen LogP contribution in [-0.4, -0.2) is 9.97 Å². The van der Waals surface area contributed by atoms with Gasteiger partial charge in [-0.15, -0.1) is 11.8 Å². The van der Waals surface area contributed by atoms with Crippen LogP contribution in [0, 0.1) is 11.7 Å². The van der Waals surface area contributed by atoms with Crippen molar-refractivity contribution in [1.29, 1.82) is 0 Å². The molecule has 2 rings (SSSR count). The smallest absolute Gasteiger partial charge is 0.251 e. The van der Waals surface area contributed by atoms with E-state index in [9.17, 15) is 9.18 Å². The molecule has 0 saturated heterocycles. The summed E-state index contributed by atoms with van der Waals surface area (Å²) < 4.78 is 13.5. The molecule has 0 unspecified atom stereocenters. The van der Waals surface area contributed by atoms with Gasteiger partial charge in [0.15, 0.2) is 0 Å². The average molecular weight is 292 g/mol. The van der Waals surface area contributed by atoms with Crippen molar-refractivity contribution in [2.45, 2.75) is 30.9 Å². The van der Waals surface area contributed by atoms with Crippen LogP contribution in [0.25, 0.3) is 0 Å². The first kappa shape index (κ1) is 14.8. The minimum Gasteiger partial charge on any atom is -0.310 e. The number of aromatic amines is 1. The summed E-state index contributed by atoms with van der Waals surface area (Å²) in [4.78, 5) is 19.3. The molecular weight excluding hydrogens is 275 g/mol. The number of nitrogens with zero attached hydrogens (tertiary/aromatic N) is 1. The first-order valence-corrected chi connectivity index (χ1v) is 7.49. The van der Waals surface area contributed by atoms with Crippen LogP contribution < -0.4 is 5.56 Å². The topological polar surface area (TPSA) is 45.8 Å². The van der Waals surface area contributed by atoms with Crippen LogP contribution in [0.4, 0.5) is 4.39 Å². The number of nitrogens with one attached hydrogen (secondary N) is 1. The van der Waals surface area contributed by atoms with E-state index in [0.29, 0.717) is 22.4 Å². The van der Waals surface area contributed by atoms with Crippen LogP contribution in [0.3, 0.4) is 0 Å². The van der Waals surface area contributed by atoms with E-state index in [1.165, 1.54) is 23.9 Å². The molecule has 0 spiro atoms. The van der Waals surface area contributed by atoms with Gasteiger partial charge in [-0.05, 0) is 24.5 Å². The zero-order valence-corrected chi connectivity index (χ0v) is 12.3. The molecule has 0 aliphatic carbocycles. The van der Waals surface area contributed by atoms with Crippen molar-refractivity contribution < 1.29 is 4.39 Å². The number of hydrogen-bond donors (Lipinski definition) is 1. The lowest BCUT2D eigenvalue weighted by Crippen LogP contribution is -2.13. The third-order valence-electron chi connectivity index (χ3n) is 2.66. The molecule has 0 bridgehead atoms. The lowest BCUT2D eigenvalue weighted by Gasteiger charge is -2.06. The summed E-state index contributed by atoms with van der Waals surface area (Å²) >= 11 is 1.33. The van der Waals surface area contributed by atoms with Crippen molar-refractivity contribution in [3.8, 4) is 0 Å². The minimum atomic E-state index is -0.252. The summed E-state index contributed by atoms with van der Waals surface area (Å²) in [5.74, 6) is 1.22. The Morgan fingerprint density at radius 2 is 2.10 bits per heavy atom. The van der Waals surface area contributed by atoms with Crippen molar-refractivity contribution >= 4 is 11.8 Å². The summed E-state index contributed by atoms with van der Waals surface area (Å²) in [6.07, 6.45) is 0.765. The normalized spacial score (nSPS) is 11.0. The maximum absolute atomic E-state index is 13.5. The van der Waals surface area contributed by atoms with Gasteiger partial charge in [0, 0.05) is 16.7 Å². The van der Waals surface area contributed by atoms with E-state index in [1.54, 1.807) is 18.2 Å². The number of thioether (sulfide) groups is 1. The summed E-state index contributed by atoms with van der Waals surface area (Å²) in [5, 5.41) is 0. The molecule has 106 valence electrons. The fraction of sp³-hybridized carbons (Fsp3) is 0.333. The second-order valence-corrected chi connectivity index (χ2v) is 6.02. The molecule has 1 N–H and O–H groups in total. The van der Waals surface area contributed by atoms with Crippen molar-refractivity contribution in [2.75, 3.05) is 0 Å². The Morgan fingerprint density at radius 1 is 1.35 bits per heavy atom. The first-order valence-electron chi connectivity index (χ1n) is 6.51. The van der Waals surface area contributed by atoms with Gasteiger partial charge >= 0.3 is 0 Å². The molecule has 5 heteroatoms. The Balaban J connectivity index is 2.11. The lowest BCUT2D eigenvalue weighted by atomic mass is 10.1. The molecule has 0 atom stereocenters. The van der Waals surface area contributed by atoms with Gasteiger partial charge in [-0.3, -0.25) is 4.79 Å². The summed E-state index contributed by atoms with van der Waals surface area (Å²) in [6.45, 7) is 4.16. The highest BCUT2D eigenvalue weighted by atomic mass is 32.2. The van der Waals surface area contributed by atoms with Crippen LogP contribution in [0.15, 0.2) is 40.0 Å². The maximum atomic E-state index is 13.5. The van der Waals surface area contributed by atoms with Gasteiger partial charge in [0.2, 0.25) is 0 Å². The Bertz CT molecular complexity index is 640. The summed E-state index contributed by atoms with van der Waals surface area (Å²) in [5.41, 5.74) is 0.632. The number of benzene rings is 1. The second-order valence-electron chi connectivity index (χ2n) is 5.00. The van der Waals surface area contributed by atoms with Crippen LogP contribution in [0.1, 0.15) is 25.4 Å². The van der Waals surface area contributed by atoms with Crippen LogP contribution in [0.2, 0.25) is 0 Å². The molecule has 0 saturated carbocycles. The zero-order chi connectivity index (χ0) is 14.5. The molecule has 0 aliphatic rings. The molecule has 2 aromatic rings. The maximum Gasteiger partial charge on any atom is 0.251 e. The number of H-pyrrole nitrogens is 1. The monoisotopic (exact) mass is 292 g/mol. The lowest BCUT2D eigenvalue weighted by molar-refractivity contribution is 0.602. The number of aromatic nitrogens is 2. The molecule has 20 heavy (non-hydrogen) atoms. The van der Waals surface area contributed by atoms with Crippen molar-refractivity contribution in [3.63, 3.8) is 0 Å². The Kier molecular flexibility index (Phi) is 4.95. The zero-order valence-electron chi connectivity index (χ0n) is 11.5. The number of rotatable bonds is 5. The van der Waals surface area contributed by atoms with Gasteiger partial charge in [-0.2, -0.15) is 0 Å². The van der Waals surface area contributed by atoms with Crippen LogP contribution in [-0.2, 0) is 12.2 Å². The molecule has 1 heterocycles. The van der Waals surface area contributed by atoms with E-state index in [2.05, 4.69) is 23.8 Å². The van der Waals surface area contributed by atoms with Crippen molar-refractivity contribution in [1.82, 2.24) is 9.97 Å². The average Bonchev–Trinajstić information content (AvgIpc) is 2.36. The third-order valence-corrected chi connectivity index (χ3v) is 3.72. The fourth-order valence-electron chi connectivity index (χ4n) is 1.86. The first-order chi connectivity index (χ1) is 9.54. The van der Waals surface area contributed by atoms with Gasteiger partial charge in [0.1, 0.15) is 11.6 Å². The number of hydrogen-bond acceptors (Lipinski definition) is 3. The second kappa shape index (κ2) is 6.70. The number of halogens is 1. The molecule has 3 nitrogen and oxygen atoms in total. The third kappa shape index (κ3) is 4.20. The van der Waals surface area contributed by atoms with Gasteiger partial charge in [0.25, 0.3) is 5.56 Å². The molecule has 0 amide bonds. The molecule has 0 radical (unpaired) electrons. The standard InChI is InChI=1S/C15H17FN2OS/c1-10(2)7-11-8-15(19)18-14(17-11)9-20-13-6-4-3-5-12(13)16/h3-6,8,10H,7,9H2,1-2H3,(H,17,18,19). The summed E-state index contributed by atoms with van der Waals surface area (Å²) in [7, 11) is 0. The molecule has 1 aromatic heterocycles. The van der Waals surface area contributed by atoms with Gasteiger partial charge in [-0.1, -0.05) is 26.0 Å². The molecular formula is C15H17FN2OS. The highest BCUT2D eigenvalue weighted by molar-refractivity contribution is 7.98. The van der Waals surface area contributed by atoms with Gasteiger partial charge in [-0.25, -0.2) is 9.37 Å². The Hall–Kier alpha value is -1.62. The van der Waals surface area contributed by atoms with E-state index < -0.39 is 0 Å². The van der Waals surface area contributed by atoms with E-state index in [-0.39, 0.29) is 11.4 Å². The Morgan fingerprint density at radius 3 is 2.80 bits per heavy atom. The molecule has 1 aromatic carbocycles. The SMILES string of the molecule is CC(C)Cc1cc(=O)[nH]c(CSc2ccccc2F)n1. The van der Waals surface area contributed by atoms with Crippen molar-refractivity contribution in [2.24, 2.45) is 5.92 Å². The molecule has 0 aliphatic heterocycles. The van der Waals surface area contributed by atoms with Gasteiger partial charge in [0.05, 0.1) is 5.75 Å². The predicted octanol–water partition coefficient (Wildman–Crippen LogP) is 3.40. The van der Waals surface area contributed by atoms with Gasteiger partial charge < -0.3 is 4.98 Å². The minimum absolute atomic E-state index is 0.153. The van der Waals surface area contributed by atoms with E-state index in [0.717, 1.165) is 12.1 Å².